The molecule has 0 bridgehead atoms. The van der Waals surface area contributed by atoms with Crippen LogP contribution in [-0.4, -0.2) is 58.8 Å². The van der Waals surface area contributed by atoms with Crippen molar-refractivity contribution in [3.8, 4) is 0 Å². The summed E-state index contributed by atoms with van der Waals surface area (Å²) in [6.45, 7) is 8.05. The molecule has 1 aliphatic rings. The molecule has 1 aromatic rings. The van der Waals surface area contributed by atoms with Crippen molar-refractivity contribution in [2.75, 3.05) is 31.1 Å². The first-order valence-corrected chi connectivity index (χ1v) is 7.64. The van der Waals surface area contributed by atoms with Crippen LogP contribution < -0.4 is 4.90 Å². The molecule has 2 heterocycles. The highest BCUT2D eigenvalue weighted by atomic mass is 16.6. The Kier molecular flexibility index (Phi) is 5.08. The van der Waals surface area contributed by atoms with E-state index >= 15 is 0 Å². The SMILES string of the molecule is CC(C)(C)OC(=O)N1CCN(c2ccnc(CC(=O)O)c2)CC1. The number of aliphatic carboxylic acids is 1. The summed E-state index contributed by atoms with van der Waals surface area (Å²) in [7, 11) is 0. The number of piperazine rings is 1. The van der Waals surface area contributed by atoms with E-state index in [0.717, 1.165) is 5.69 Å². The number of carbonyl (C=O) groups is 2. The molecule has 23 heavy (non-hydrogen) atoms. The van der Waals surface area contributed by atoms with E-state index in [1.54, 1.807) is 17.2 Å². The molecule has 0 spiro atoms. The molecule has 2 rings (SSSR count). The Hall–Kier alpha value is -2.31. The fourth-order valence-electron chi connectivity index (χ4n) is 2.39. The van der Waals surface area contributed by atoms with Crippen molar-refractivity contribution in [2.24, 2.45) is 0 Å². The maximum absolute atomic E-state index is 12.0. The van der Waals surface area contributed by atoms with Crippen molar-refractivity contribution < 1.29 is 19.4 Å². The third-order valence-electron chi connectivity index (χ3n) is 3.43. The molecule has 0 radical (unpaired) electrons. The molecule has 1 aromatic heterocycles. The van der Waals surface area contributed by atoms with Crippen molar-refractivity contribution in [3.05, 3.63) is 24.0 Å². The number of hydrogen-bond acceptors (Lipinski definition) is 5. The van der Waals surface area contributed by atoms with Gasteiger partial charge in [0.1, 0.15) is 5.60 Å². The number of carboxylic acid groups (broad SMARTS) is 1. The van der Waals surface area contributed by atoms with Crippen molar-refractivity contribution in [2.45, 2.75) is 32.8 Å². The second kappa shape index (κ2) is 6.85. The van der Waals surface area contributed by atoms with E-state index in [4.69, 9.17) is 9.84 Å². The minimum Gasteiger partial charge on any atom is -0.481 e. The molecule has 0 aromatic carbocycles. The highest BCUT2D eigenvalue weighted by Gasteiger charge is 2.26. The van der Waals surface area contributed by atoms with Crippen molar-refractivity contribution in [1.29, 1.82) is 0 Å². The van der Waals surface area contributed by atoms with Crippen molar-refractivity contribution in [3.63, 3.8) is 0 Å². The zero-order valence-corrected chi connectivity index (χ0v) is 13.8. The Morgan fingerprint density at radius 1 is 1.26 bits per heavy atom. The topological polar surface area (TPSA) is 83.0 Å². The van der Waals surface area contributed by atoms with Gasteiger partial charge in [0.25, 0.3) is 0 Å². The third kappa shape index (κ3) is 5.12. The molecule has 1 N–H and O–H groups in total. The summed E-state index contributed by atoms with van der Waals surface area (Å²) >= 11 is 0. The van der Waals surface area contributed by atoms with Crippen LogP contribution in [0.2, 0.25) is 0 Å². The van der Waals surface area contributed by atoms with Gasteiger partial charge in [-0.15, -0.1) is 0 Å². The van der Waals surface area contributed by atoms with E-state index in [9.17, 15) is 9.59 Å². The molecule has 126 valence electrons. The number of hydrogen-bond donors (Lipinski definition) is 1. The maximum Gasteiger partial charge on any atom is 0.410 e. The fraction of sp³-hybridized carbons (Fsp3) is 0.562. The van der Waals surface area contributed by atoms with Gasteiger partial charge in [0, 0.05) is 38.1 Å². The summed E-state index contributed by atoms with van der Waals surface area (Å²) in [5.41, 5.74) is 0.968. The third-order valence-corrected chi connectivity index (χ3v) is 3.43. The fourth-order valence-corrected chi connectivity index (χ4v) is 2.39. The average Bonchev–Trinajstić information content (AvgIpc) is 2.45. The summed E-state index contributed by atoms with van der Waals surface area (Å²) in [5, 5.41) is 8.85. The lowest BCUT2D eigenvalue weighted by Crippen LogP contribution is -2.50. The van der Waals surface area contributed by atoms with Crippen molar-refractivity contribution >= 4 is 17.7 Å². The first-order valence-electron chi connectivity index (χ1n) is 7.64. The zero-order valence-electron chi connectivity index (χ0n) is 13.8. The number of rotatable bonds is 3. The standard InChI is InChI=1S/C16H23N3O4/c1-16(2,3)23-15(22)19-8-6-18(7-9-19)13-4-5-17-12(10-13)11-14(20)21/h4-5,10H,6-9,11H2,1-3H3,(H,20,21). The van der Waals surface area contributed by atoms with E-state index in [1.807, 2.05) is 26.8 Å². The number of ether oxygens (including phenoxy) is 1. The number of amides is 1. The van der Waals surface area contributed by atoms with Crippen LogP contribution in [-0.2, 0) is 16.0 Å². The van der Waals surface area contributed by atoms with Crippen LogP contribution in [0.5, 0.6) is 0 Å². The lowest BCUT2D eigenvalue weighted by Gasteiger charge is -2.36. The summed E-state index contributed by atoms with van der Waals surface area (Å²) in [4.78, 5) is 30.7. The average molecular weight is 321 g/mol. The molecule has 7 nitrogen and oxygen atoms in total. The zero-order chi connectivity index (χ0) is 17.0. The molecule has 0 saturated carbocycles. The number of aromatic nitrogens is 1. The summed E-state index contributed by atoms with van der Waals surface area (Å²) in [5.74, 6) is -0.899. The smallest absolute Gasteiger partial charge is 0.410 e. The molecule has 0 atom stereocenters. The lowest BCUT2D eigenvalue weighted by molar-refractivity contribution is -0.136. The first-order chi connectivity index (χ1) is 10.7. The van der Waals surface area contributed by atoms with Crippen LogP contribution in [0.15, 0.2) is 18.3 Å². The molecule has 1 fully saturated rings. The van der Waals surface area contributed by atoms with Gasteiger partial charge in [0.2, 0.25) is 0 Å². The molecule has 1 saturated heterocycles. The maximum atomic E-state index is 12.0. The van der Waals surface area contributed by atoms with Gasteiger partial charge in [0.05, 0.1) is 12.1 Å². The van der Waals surface area contributed by atoms with Gasteiger partial charge in [-0.3, -0.25) is 9.78 Å². The Balaban J connectivity index is 1.94. The molecule has 1 amide bonds. The van der Waals surface area contributed by atoms with Crippen molar-refractivity contribution in [1.82, 2.24) is 9.88 Å². The van der Waals surface area contributed by atoms with Gasteiger partial charge in [-0.25, -0.2) is 4.79 Å². The Morgan fingerprint density at radius 3 is 2.48 bits per heavy atom. The highest BCUT2D eigenvalue weighted by Crippen LogP contribution is 2.18. The minimum absolute atomic E-state index is 0.0916. The summed E-state index contributed by atoms with van der Waals surface area (Å²) < 4.78 is 5.37. The Bertz CT molecular complexity index is 575. The van der Waals surface area contributed by atoms with Crippen LogP contribution in [0.1, 0.15) is 26.5 Å². The van der Waals surface area contributed by atoms with E-state index in [0.29, 0.717) is 31.9 Å². The number of carboxylic acids is 1. The molecule has 0 unspecified atom stereocenters. The van der Waals surface area contributed by atoms with E-state index in [1.165, 1.54) is 0 Å². The lowest BCUT2D eigenvalue weighted by atomic mass is 10.2. The highest BCUT2D eigenvalue weighted by molar-refractivity contribution is 5.70. The van der Waals surface area contributed by atoms with Crippen LogP contribution in [0.4, 0.5) is 10.5 Å². The van der Waals surface area contributed by atoms with Crippen LogP contribution in [0, 0.1) is 0 Å². The summed E-state index contributed by atoms with van der Waals surface area (Å²) in [6.07, 6.45) is 1.23. The number of anilines is 1. The number of carbonyl (C=O) groups excluding carboxylic acids is 1. The van der Waals surface area contributed by atoms with Gasteiger partial charge < -0.3 is 19.6 Å². The predicted molar refractivity (Wildman–Crippen MR) is 85.6 cm³/mol. The summed E-state index contributed by atoms with van der Waals surface area (Å²) in [6, 6.07) is 3.64. The van der Waals surface area contributed by atoms with Gasteiger partial charge in [-0.2, -0.15) is 0 Å². The van der Waals surface area contributed by atoms with E-state index in [-0.39, 0.29) is 12.5 Å². The van der Waals surface area contributed by atoms with E-state index < -0.39 is 11.6 Å². The second-order valence-electron chi connectivity index (χ2n) is 6.53. The monoisotopic (exact) mass is 321 g/mol. The molecule has 0 aliphatic carbocycles. The van der Waals surface area contributed by atoms with Gasteiger partial charge in [0.15, 0.2) is 0 Å². The van der Waals surface area contributed by atoms with Gasteiger partial charge >= 0.3 is 12.1 Å². The Labute approximate surface area is 135 Å². The second-order valence-corrected chi connectivity index (χ2v) is 6.53. The molecular weight excluding hydrogens is 298 g/mol. The molecule has 7 heteroatoms. The van der Waals surface area contributed by atoms with Crippen LogP contribution in [0.25, 0.3) is 0 Å². The minimum atomic E-state index is -0.899. The van der Waals surface area contributed by atoms with Crippen LogP contribution in [0.3, 0.4) is 0 Å². The van der Waals surface area contributed by atoms with E-state index in [2.05, 4.69) is 9.88 Å². The molecular formula is C16H23N3O4. The predicted octanol–water partition coefficient (Wildman–Crippen LogP) is 1.77. The normalized spacial score (nSPS) is 15.4. The van der Waals surface area contributed by atoms with Gasteiger partial charge in [-0.05, 0) is 32.9 Å². The number of nitrogens with zero attached hydrogens (tertiary/aromatic N) is 3. The largest absolute Gasteiger partial charge is 0.481 e. The quantitative estimate of drug-likeness (QED) is 0.913. The first kappa shape index (κ1) is 17.1. The number of pyridine rings is 1. The van der Waals surface area contributed by atoms with Crippen LogP contribution >= 0.6 is 0 Å². The Morgan fingerprint density at radius 2 is 1.91 bits per heavy atom. The molecule has 1 aliphatic heterocycles. The van der Waals surface area contributed by atoms with Gasteiger partial charge in [-0.1, -0.05) is 0 Å².